The molecule has 2 aromatic carbocycles. The van der Waals surface area contributed by atoms with Crippen LogP contribution in [0.1, 0.15) is 6.42 Å². The van der Waals surface area contributed by atoms with Gasteiger partial charge in [0.15, 0.2) is 11.6 Å². The lowest BCUT2D eigenvalue weighted by Gasteiger charge is -2.26. The first-order valence-corrected chi connectivity index (χ1v) is 10.8. The molecule has 0 radical (unpaired) electrons. The molecule has 0 bridgehead atoms. The van der Waals surface area contributed by atoms with Crippen LogP contribution in [0.3, 0.4) is 0 Å². The molecule has 1 aliphatic rings. The zero-order valence-electron chi connectivity index (χ0n) is 18.1. The summed E-state index contributed by atoms with van der Waals surface area (Å²) < 4.78 is 21.7. The molecule has 2 aromatic heterocycles. The zero-order chi connectivity index (χ0) is 22.9. The van der Waals surface area contributed by atoms with E-state index in [2.05, 4.69) is 54.5 Å². The molecule has 33 heavy (non-hydrogen) atoms. The summed E-state index contributed by atoms with van der Waals surface area (Å²) in [7, 11) is 3.57. The first kappa shape index (κ1) is 21.1. The van der Waals surface area contributed by atoms with Gasteiger partial charge in [0.05, 0.1) is 24.0 Å². The van der Waals surface area contributed by atoms with Crippen LogP contribution in [0.4, 0.5) is 27.5 Å². The normalized spacial score (nSPS) is 15.3. The van der Waals surface area contributed by atoms with Crippen molar-refractivity contribution < 1.29 is 9.13 Å². The Hall–Kier alpha value is -3.78. The van der Waals surface area contributed by atoms with E-state index in [1.807, 2.05) is 25.4 Å². The average molecular weight is 465 g/mol. The van der Waals surface area contributed by atoms with Gasteiger partial charge in [0.25, 0.3) is 0 Å². The Kier molecular flexibility index (Phi) is 5.51. The maximum atomic E-state index is 14.4. The number of rotatable bonds is 6. The third-order valence-corrected chi connectivity index (χ3v) is 5.86. The van der Waals surface area contributed by atoms with Gasteiger partial charge in [-0.2, -0.15) is 4.98 Å². The molecule has 0 spiro atoms. The van der Waals surface area contributed by atoms with Gasteiger partial charge in [-0.25, -0.2) is 9.37 Å². The standard InChI is InChI=1S/C24H22ClFN6O/c1-31-14-20(16-6-3-4-7-19(16)31)32-11-5-8-22(32)29-24-27-13-18(26)23(30-24)28-15-9-10-21(33-2)17(25)12-15/h3-7,9-14,22H,8H2,1-2H3,(H2,27,28,29,30). The third-order valence-electron chi connectivity index (χ3n) is 5.57. The molecule has 3 heterocycles. The number of anilines is 4. The van der Waals surface area contributed by atoms with Crippen LogP contribution < -0.4 is 20.3 Å². The van der Waals surface area contributed by atoms with Crippen LogP contribution in [0.5, 0.6) is 5.75 Å². The number of benzene rings is 2. The first-order chi connectivity index (χ1) is 16.0. The van der Waals surface area contributed by atoms with E-state index >= 15 is 0 Å². The number of nitrogens with one attached hydrogen (secondary N) is 2. The van der Waals surface area contributed by atoms with Crippen molar-refractivity contribution in [1.29, 1.82) is 0 Å². The fraction of sp³-hybridized carbons (Fsp3) is 0.167. The Morgan fingerprint density at radius 1 is 1.21 bits per heavy atom. The van der Waals surface area contributed by atoms with Crippen molar-refractivity contribution in [1.82, 2.24) is 14.5 Å². The minimum Gasteiger partial charge on any atom is -0.495 e. The summed E-state index contributed by atoms with van der Waals surface area (Å²) in [6.45, 7) is 0. The van der Waals surface area contributed by atoms with Crippen LogP contribution in [-0.4, -0.2) is 27.8 Å². The highest BCUT2D eigenvalue weighted by Gasteiger charge is 2.24. The number of aryl methyl sites for hydroxylation is 1. The second kappa shape index (κ2) is 8.63. The van der Waals surface area contributed by atoms with Crippen molar-refractivity contribution in [3.05, 3.63) is 78.0 Å². The van der Waals surface area contributed by atoms with E-state index in [1.54, 1.807) is 18.2 Å². The van der Waals surface area contributed by atoms with Crippen molar-refractivity contribution in [2.24, 2.45) is 7.05 Å². The number of methoxy groups -OCH3 is 1. The van der Waals surface area contributed by atoms with Gasteiger partial charge in [-0.15, -0.1) is 0 Å². The summed E-state index contributed by atoms with van der Waals surface area (Å²) in [6.07, 6.45) is 8.02. The van der Waals surface area contributed by atoms with Crippen LogP contribution in [0, 0.1) is 5.82 Å². The third kappa shape index (κ3) is 4.05. The minimum atomic E-state index is -0.567. The Balaban J connectivity index is 1.38. The van der Waals surface area contributed by atoms with Crippen LogP contribution >= 0.6 is 11.6 Å². The topological polar surface area (TPSA) is 67.2 Å². The van der Waals surface area contributed by atoms with E-state index in [1.165, 1.54) is 7.11 Å². The van der Waals surface area contributed by atoms with Crippen LogP contribution in [-0.2, 0) is 7.05 Å². The van der Waals surface area contributed by atoms with E-state index in [4.69, 9.17) is 16.3 Å². The number of hydrogen-bond acceptors (Lipinski definition) is 6. The lowest BCUT2D eigenvalue weighted by atomic mass is 10.2. The maximum absolute atomic E-state index is 14.4. The number of para-hydroxylation sites is 1. The highest BCUT2D eigenvalue weighted by atomic mass is 35.5. The molecule has 1 unspecified atom stereocenters. The average Bonchev–Trinajstić information content (AvgIpc) is 3.40. The smallest absolute Gasteiger partial charge is 0.226 e. The molecule has 0 saturated heterocycles. The highest BCUT2D eigenvalue weighted by Crippen LogP contribution is 2.33. The van der Waals surface area contributed by atoms with Gasteiger partial charge in [-0.3, -0.25) is 0 Å². The number of ether oxygens (including phenoxy) is 1. The highest BCUT2D eigenvalue weighted by molar-refractivity contribution is 6.32. The lowest BCUT2D eigenvalue weighted by molar-refractivity contribution is 0.415. The Labute approximate surface area is 195 Å². The van der Waals surface area contributed by atoms with E-state index in [-0.39, 0.29) is 12.0 Å². The molecule has 7 nitrogen and oxygen atoms in total. The number of aromatic nitrogens is 3. The van der Waals surface area contributed by atoms with Gasteiger partial charge >= 0.3 is 0 Å². The second-order valence-corrected chi connectivity index (χ2v) is 8.10. The Morgan fingerprint density at radius 2 is 2.06 bits per heavy atom. The quantitative estimate of drug-likeness (QED) is 0.383. The van der Waals surface area contributed by atoms with E-state index in [9.17, 15) is 4.39 Å². The molecule has 0 fully saturated rings. The SMILES string of the molecule is COc1ccc(Nc2nc(NC3CC=CN3c3cn(C)c4ccccc34)ncc2F)cc1Cl. The van der Waals surface area contributed by atoms with Crippen molar-refractivity contribution in [2.45, 2.75) is 12.6 Å². The molecule has 0 saturated carbocycles. The summed E-state index contributed by atoms with van der Waals surface area (Å²) in [5, 5.41) is 7.85. The Bertz CT molecular complexity index is 1350. The maximum Gasteiger partial charge on any atom is 0.226 e. The summed E-state index contributed by atoms with van der Waals surface area (Å²) >= 11 is 6.18. The molecule has 4 aromatic rings. The minimum absolute atomic E-state index is 0.0522. The molecular formula is C24H22ClFN6O. The van der Waals surface area contributed by atoms with Gasteiger partial charge in [-0.05, 0) is 24.3 Å². The van der Waals surface area contributed by atoms with Crippen molar-refractivity contribution in [3.63, 3.8) is 0 Å². The summed E-state index contributed by atoms with van der Waals surface area (Å²) in [5.74, 6) is 0.340. The summed E-state index contributed by atoms with van der Waals surface area (Å²) in [5.41, 5.74) is 2.81. The van der Waals surface area contributed by atoms with Crippen LogP contribution in [0.25, 0.3) is 10.9 Å². The van der Waals surface area contributed by atoms with Gasteiger partial charge in [0.1, 0.15) is 11.9 Å². The monoisotopic (exact) mass is 464 g/mol. The van der Waals surface area contributed by atoms with Crippen LogP contribution in [0.15, 0.2) is 67.1 Å². The summed E-state index contributed by atoms with van der Waals surface area (Å²) in [4.78, 5) is 10.6. The predicted octanol–water partition coefficient (Wildman–Crippen LogP) is 5.68. The molecule has 1 aliphatic heterocycles. The molecule has 2 N–H and O–H groups in total. The predicted molar refractivity (Wildman–Crippen MR) is 130 cm³/mol. The Morgan fingerprint density at radius 3 is 2.88 bits per heavy atom. The molecule has 9 heteroatoms. The zero-order valence-corrected chi connectivity index (χ0v) is 18.8. The van der Waals surface area contributed by atoms with Gasteiger partial charge in [0, 0.05) is 42.5 Å². The number of hydrogen-bond donors (Lipinski definition) is 2. The second-order valence-electron chi connectivity index (χ2n) is 7.69. The van der Waals surface area contributed by atoms with E-state index < -0.39 is 5.82 Å². The molecular weight excluding hydrogens is 443 g/mol. The largest absolute Gasteiger partial charge is 0.495 e. The van der Waals surface area contributed by atoms with Crippen molar-refractivity contribution in [2.75, 3.05) is 22.6 Å². The van der Waals surface area contributed by atoms with Crippen molar-refractivity contribution in [3.8, 4) is 5.75 Å². The van der Waals surface area contributed by atoms with Crippen molar-refractivity contribution >= 4 is 45.6 Å². The summed E-state index contributed by atoms with van der Waals surface area (Å²) in [6, 6.07) is 13.3. The van der Waals surface area contributed by atoms with Gasteiger partial charge in [0.2, 0.25) is 5.95 Å². The number of nitrogens with zero attached hydrogens (tertiary/aromatic N) is 4. The lowest BCUT2D eigenvalue weighted by Crippen LogP contribution is -2.34. The fourth-order valence-electron chi connectivity index (χ4n) is 3.98. The van der Waals surface area contributed by atoms with E-state index in [0.29, 0.717) is 22.4 Å². The molecule has 1 atom stereocenters. The number of fused-ring (bicyclic) bond motifs is 1. The molecule has 0 amide bonds. The molecule has 5 rings (SSSR count). The van der Waals surface area contributed by atoms with Crippen LogP contribution in [0.2, 0.25) is 5.02 Å². The first-order valence-electron chi connectivity index (χ1n) is 10.4. The van der Waals surface area contributed by atoms with Gasteiger partial charge in [-0.1, -0.05) is 35.9 Å². The van der Waals surface area contributed by atoms with E-state index in [0.717, 1.165) is 29.2 Å². The van der Waals surface area contributed by atoms with Gasteiger partial charge < -0.3 is 24.8 Å². The molecule has 0 aliphatic carbocycles. The number of halogens is 2. The fourth-order valence-corrected chi connectivity index (χ4v) is 4.24. The molecule has 168 valence electrons.